The Bertz CT molecular complexity index is 434. The van der Waals surface area contributed by atoms with Crippen molar-refractivity contribution < 1.29 is 14.7 Å². The Morgan fingerprint density at radius 1 is 1.09 bits per heavy atom. The van der Waals surface area contributed by atoms with Crippen molar-refractivity contribution in [3.05, 3.63) is 0 Å². The number of carbonyl (C=O) groups is 2. The maximum absolute atomic E-state index is 12.1. The van der Waals surface area contributed by atoms with Crippen LogP contribution in [0.2, 0.25) is 0 Å². The van der Waals surface area contributed by atoms with Crippen LogP contribution in [0.5, 0.6) is 0 Å². The van der Waals surface area contributed by atoms with Crippen LogP contribution in [0.4, 0.5) is 0 Å². The van der Waals surface area contributed by atoms with E-state index in [0.29, 0.717) is 12.6 Å². The Hall–Kier alpha value is -1.10. The molecule has 3 aliphatic rings. The minimum Gasteiger partial charge on any atom is -0.481 e. The van der Waals surface area contributed by atoms with Crippen LogP contribution in [0.15, 0.2) is 0 Å². The van der Waals surface area contributed by atoms with Crippen LogP contribution in [0.3, 0.4) is 0 Å². The number of aliphatic carboxylic acids is 1. The number of amides is 1. The lowest BCUT2D eigenvalue weighted by atomic mass is 9.86. The first-order valence-electron chi connectivity index (χ1n) is 9.40. The highest BCUT2D eigenvalue weighted by Gasteiger charge is 2.49. The van der Waals surface area contributed by atoms with Gasteiger partial charge in [0, 0.05) is 18.6 Å². The highest BCUT2D eigenvalue weighted by Crippen LogP contribution is 2.41. The third kappa shape index (κ3) is 4.06. The number of nitrogens with zero attached hydrogens (tertiary/aromatic N) is 1. The zero-order valence-corrected chi connectivity index (χ0v) is 14.0. The fourth-order valence-electron chi connectivity index (χ4n) is 4.93. The highest BCUT2D eigenvalue weighted by molar-refractivity contribution is 5.78. The molecule has 2 heterocycles. The van der Waals surface area contributed by atoms with E-state index >= 15 is 0 Å². The van der Waals surface area contributed by atoms with Crippen molar-refractivity contribution in [2.24, 2.45) is 11.8 Å². The maximum atomic E-state index is 12.1. The van der Waals surface area contributed by atoms with Crippen LogP contribution in [0, 0.1) is 11.8 Å². The Labute approximate surface area is 138 Å². The molecule has 5 heteroatoms. The molecule has 3 atom stereocenters. The van der Waals surface area contributed by atoms with Crippen molar-refractivity contribution in [3.63, 3.8) is 0 Å². The summed E-state index contributed by atoms with van der Waals surface area (Å²) in [6.45, 7) is 1.14. The predicted molar refractivity (Wildman–Crippen MR) is 88.1 cm³/mol. The second-order valence-corrected chi connectivity index (χ2v) is 7.65. The number of nitrogens with one attached hydrogen (secondary N) is 1. The van der Waals surface area contributed by atoms with E-state index in [-0.39, 0.29) is 17.9 Å². The molecule has 1 amide bonds. The number of hydrogen-bond donors (Lipinski definition) is 2. The molecular weight excluding hydrogens is 292 g/mol. The third-order valence-electron chi connectivity index (χ3n) is 6.16. The fraction of sp³-hybridized carbons (Fsp3) is 0.889. The Balaban J connectivity index is 1.34. The van der Waals surface area contributed by atoms with Gasteiger partial charge in [-0.1, -0.05) is 32.1 Å². The van der Waals surface area contributed by atoms with E-state index in [1.165, 1.54) is 38.5 Å². The molecule has 0 aromatic rings. The molecule has 130 valence electrons. The van der Waals surface area contributed by atoms with Crippen LogP contribution in [-0.2, 0) is 9.59 Å². The van der Waals surface area contributed by atoms with Gasteiger partial charge in [-0.3, -0.25) is 14.5 Å². The van der Waals surface area contributed by atoms with Gasteiger partial charge in [0.25, 0.3) is 0 Å². The minimum atomic E-state index is -0.699. The molecule has 2 bridgehead atoms. The normalized spacial score (nSPS) is 31.4. The molecular formula is C18H30N2O3. The smallest absolute Gasteiger partial charge is 0.308 e. The van der Waals surface area contributed by atoms with Gasteiger partial charge in [0.05, 0.1) is 12.5 Å². The largest absolute Gasteiger partial charge is 0.481 e. The molecule has 3 rings (SSSR count). The zero-order valence-electron chi connectivity index (χ0n) is 14.0. The summed E-state index contributed by atoms with van der Waals surface area (Å²) >= 11 is 0. The molecule has 2 aliphatic heterocycles. The van der Waals surface area contributed by atoms with E-state index in [9.17, 15) is 14.7 Å². The average molecular weight is 322 g/mol. The average Bonchev–Trinajstić information content (AvgIpc) is 3.09. The van der Waals surface area contributed by atoms with Crippen molar-refractivity contribution in [3.8, 4) is 0 Å². The van der Waals surface area contributed by atoms with Crippen molar-refractivity contribution in [2.45, 2.75) is 76.3 Å². The standard InChI is InChI=1S/C18H30N2O3/c21-17(19-10-4-7-13-5-2-1-3-6-13)12-20-14-8-9-16(20)15(11-14)18(22)23/h13-16H,1-12H2,(H,19,21)(H,22,23). The molecule has 0 aromatic heterocycles. The van der Waals surface area contributed by atoms with E-state index in [1.54, 1.807) is 0 Å². The summed E-state index contributed by atoms with van der Waals surface area (Å²) in [4.78, 5) is 25.5. The Morgan fingerprint density at radius 3 is 2.57 bits per heavy atom. The zero-order chi connectivity index (χ0) is 16.2. The topological polar surface area (TPSA) is 69.6 Å². The van der Waals surface area contributed by atoms with Gasteiger partial charge in [-0.25, -0.2) is 0 Å². The highest BCUT2D eigenvalue weighted by atomic mass is 16.4. The predicted octanol–water partition coefficient (Wildman–Crippen LogP) is 2.40. The fourth-order valence-corrected chi connectivity index (χ4v) is 4.93. The van der Waals surface area contributed by atoms with Gasteiger partial charge < -0.3 is 10.4 Å². The second-order valence-electron chi connectivity index (χ2n) is 7.65. The first kappa shape index (κ1) is 16.7. The van der Waals surface area contributed by atoms with E-state index in [0.717, 1.165) is 38.1 Å². The minimum absolute atomic E-state index is 0.0663. The third-order valence-corrected chi connectivity index (χ3v) is 6.16. The van der Waals surface area contributed by atoms with Gasteiger partial charge in [0.1, 0.15) is 0 Å². The van der Waals surface area contributed by atoms with Gasteiger partial charge >= 0.3 is 5.97 Å². The van der Waals surface area contributed by atoms with Crippen molar-refractivity contribution in [2.75, 3.05) is 13.1 Å². The number of fused-ring (bicyclic) bond motifs is 2. The molecule has 1 saturated carbocycles. The number of rotatable bonds is 7. The van der Waals surface area contributed by atoms with E-state index in [1.807, 2.05) is 0 Å². The first-order valence-corrected chi connectivity index (χ1v) is 9.40. The lowest BCUT2D eigenvalue weighted by Crippen LogP contribution is -2.41. The van der Waals surface area contributed by atoms with Crippen LogP contribution in [-0.4, -0.2) is 47.1 Å². The van der Waals surface area contributed by atoms with Crippen molar-refractivity contribution in [1.29, 1.82) is 0 Å². The maximum Gasteiger partial charge on any atom is 0.308 e. The number of carboxylic acid groups (broad SMARTS) is 1. The van der Waals surface area contributed by atoms with Crippen LogP contribution in [0.25, 0.3) is 0 Å². The van der Waals surface area contributed by atoms with Crippen molar-refractivity contribution >= 4 is 11.9 Å². The summed E-state index contributed by atoms with van der Waals surface area (Å²) < 4.78 is 0. The molecule has 0 spiro atoms. The molecule has 0 radical (unpaired) electrons. The molecule has 2 saturated heterocycles. The van der Waals surface area contributed by atoms with Gasteiger partial charge in [0.2, 0.25) is 5.91 Å². The summed E-state index contributed by atoms with van der Waals surface area (Å²) in [6, 6.07) is 0.375. The van der Waals surface area contributed by atoms with Gasteiger partial charge in [-0.15, -0.1) is 0 Å². The van der Waals surface area contributed by atoms with Gasteiger partial charge in [0.15, 0.2) is 0 Å². The monoisotopic (exact) mass is 322 g/mol. The molecule has 0 aromatic carbocycles. The van der Waals surface area contributed by atoms with Crippen LogP contribution >= 0.6 is 0 Å². The first-order chi connectivity index (χ1) is 11.1. The van der Waals surface area contributed by atoms with E-state index in [2.05, 4.69) is 10.2 Å². The summed E-state index contributed by atoms with van der Waals surface area (Å²) in [5, 5.41) is 12.3. The van der Waals surface area contributed by atoms with Gasteiger partial charge in [-0.05, 0) is 38.0 Å². The summed E-state index contributed by atoms with van der Waals surface area (Å²) in [6.07, 6.45) is 11.9. The summed E-state index contributed by atoms with van der Waals surface area (Å²) in [5.41, 5.74) is 0. The summed E-state index contributed by atoms with van der Waals surface area (Å²) in [7, 11) is 0. The van der Waals surface area contributed by atoms with Crippen molar-refractivity contribution in [1.82, 2.24) is 10.2 Å². The number of carboxylic acids is 1. The Kier molecular flexibility index (Phi) is 5.57. The second kappa shape index (κ2) is 7.65. The SMILES string of the molecule is O=C(CN1C2CCC1C(C(=O)O)C2)NCCCC1CCCCC1. The van der Waals surface area contributed by atoms with Gasteiger partial charge in [-0.2, -0.15) is 0 Å². The summed E-state index contributed by atoms with van der Waals surface area (Å²) in [5.74, 6) is -0.0362. The quantitative estimate of drug-likeness (QED) is 0.706. The molecule has 3 fully saturated rings. The molecule has 3 unspecified atom stereocenters. The van der Waals surface area contributed by atoms with E-state index < -0.39 is 5.97 Å². The van der Waals surface area contributed by atoms with Crippen LogP contribution < -0.4 is 5.32 Å². The van der Waals surface area contributed by atoms with Crippen LogP contribution in [0.1, 0.15) is 64.2 Å². The molecule has 5 nitrogen and oxygen atoms in total. The molecule has 2 N–H and O–H groups in total. The van der Waals surface area contributed by atoms with E-state index in [4.69, 9.17) is 0 Å². The Morgan fingerprint density at radius 2 is 1.87 bits per heavy atom. The lowest BCUT2D eigenvalue weighted by molar-refractivity contribution is -0.143. The molecule has 23 heavy (non-hydrogen) atoms. The number of hydrogen-bond acceptors (Lipinski definition) is 3. The molecule has 1 aliphatic carbocycles. The number of carbonyl (C=O) groups excluding carboxylic acids is 1. The lowest BCUT2D eigenvalue weighted by Gasteiger charge is -2.23.